The van der Waals surface area contributed by atoms with Gasteiger partial charge in [-0.2, -0.15) is 0 Å². The smallest absolute Gasteiger partial charge is 0.161 e. The van der Waals surface area contributed by atoms with Crippen molar-refractivity contribution in [2.45, 2.75) is 6.54 Å². The molecular weight excluding hydrogens is 276 g/mol. The Hall–Kier alpha value is -2.46. The zero-order valence-corrected chi connectivity index (χ0v) is 12.5. The summed E-state index contributed by atoms with van der Waals surface area (Å²) in [6, 6.07) is 12.4. The van der Waals surface area contributed by atoms with E-state index in [0.717, 1.165) is 23.6 Å². The number of nitrogens with zero attached hydrogens (tertiary/aromatic N) is 1. The van der Waals surface area contributed by atoms with Crippen molar-refractivity contribution in [2.75, 3.05) is 20.3 Å². The van der Waals surface area contributed by atoms with Gasteiger partial charge in [-0.15, -0.1) is 0 Å². The molecule has 0 atom stereocenters. The van der Waals surface area contributed by atoms with Gasteiger partial charge < -0.3 is 19.2 Å². The van der Waals surface area contributed by atoms with Gasteiger partial charge in [0.2, 0.25) is 0 Å². The first-order valence-corrected chi connectivity index (χ1v) is 7.50. The van der Waals surface area contributed by atoms with Crippen molar-refractivity contribution >= 4 is 5.52 Å². The Morgan fingerprint density at radius 3 is 2.82 bits per heavy atom. The van der Waals surface area contributed by atoms with Crippen LogP contribution in [0, 0.1) is 0 Å². The monoisotopic (exact) mass is 294 g/mol. The number of hydrogen-bond donors (Lipinski definition) is 1. The molecule has 22 heavy (non-hydrogen) atoms. The van der Waals surface area contributed by atoms with Gasteiger partial charge in [0.15, 0.2) is 11.5 Å². The SMILES string of the molecule is CNCc1c(-c2ccc3c(c2)OCCO3)cn2ccccc12. The third-order valence-corrected chi connectivity index (χ3v) is 4.00. The number of rotatable bonds is 3. The van der Waals surface area contributed by atoms with Crippen LogP contribution in [0.15, 0.2) is 48.8 Å². The normalized spacial score (nSPS) is 13.5. The third-order valence-electron chi connectivity index (χ3n) is 4.00. The van der Waals surface area contributed by atoms with Crippen LogP contribution in [0.2, 0.25) is 0 Å². The maximum absolute atomic E-state index is 5.71. The van der Waals surface area contributed by atoms with Crippen LogP contribution in [0.3, 0.4) is 0 Å². The molecule has 0 saturated heterocycles. The van der Waals surface area contributed by atoms with E-state index in [-0.39, 0.29) is 0 Å². The van der Waals surface area contributed by atoms with E-state index < -0.39 is 0 Å². The van der Waals surface area contributed by atoms with E-state index in [9.17, 15) is 0 Å². The van der Waals surface area contributed by atoms with Crippen LogP contribution in [-0.4, -0.2) is 24.7 Å². The van der Waals surface area contributed by atoms with Crippen molar-refractivity contribution in [1.82, 2.24) is 9.72 Å². The Balaban J connectivity index is 1.88. The number of hydrogen-bond acceptors (Lipinski definition) is 3. The minimum Gasteiger partial charge on any atom is -0.486 e. The summed E-state index contributed by atoms with van der Waals surface area (Å²) in [5.74, 6) is 1.66. The summed E-state index contributed by atoms with van der Waals surface area (Å²) in [5, 5.41) is 3.27. The number of pyridine rings is 1. The molecule has 1 aliphatic heterocycles. The fourth-order valence-electron chi connectivity index (χ4n) is 3.00. The molecule has 1 aromatic carbocycles. The molecule has 2 aromatic heterocycles. The standard InChI is InChI=1S/C18H18N2O2/c1-19-11-14-15(12-20-7-3-2-4-16(14)20)13-5-6-17-18(10-13)22-9-8-21-17/h2-7,10,12,19H,8-9,11H2,1H3. The number of aromatic nitrogens is 1. The van der Waals surface area contributed by atoms with Gasteiger partial charge in [-0.05, 0) is 42.4 Å². The highest BCUT2D eigenvalue weighted by molar-refractivity contribution is 5.78. The van der Waals surface area contributed by atoms with Crippen LogP contribution in [0.4, 0.5) is 0 Å². The number of fused-ring (bicyclic) bond motifs is 2. The quantitative estimate of drug-likeness (QED) is 0.806. The molecule has 3 aromatic rings. The van der Waals surface area contributed by atoms with Gasteiger partial charge in [0.05, 0.1) is 5.52 Å². The van der Waals surface area contributed by atoms with Gasteiger partial charge >= 0.3 is 0 Å². The zero-order chi connectivity index (χ0) is 14.9. The molecule has 0 aliphatic carbocycles. The summed E-state index contributed by atoms with van der Waals surface area (Å²) in [6.07, 6.45) is 4.25. The lowest BCUT2D eigenvalue weighted by Crippen LogP contribution is -2.15. The molecular formula is C18H18N2O2. The van der Waals surface area contributed by atoms with E-state index in [0.29, 0.717) is 13.2 Å². The van der Waals surface area contributed by atoms with Crippen molar-refractivity contribution in [2.24, 2.45) is 0 Å². The van der Waals surface area contributed by atoms with Gasteiger partial charge in [0, 0.05) is 24.5 Å². The summed E-state index contributed by atoms with van der Waals surface area (Å²) < 4.78 is 13.5. The minimum absolute atomic E-state index is 0.609. The molecule has 0 radical (unpaired) electrons. The highest BCUT2D eigenvalue weighted by Gasteiger charge is 2.16. The molecule has 0 fully saturated rings. The Labute approximate surface area is 129 Å². The highest BCUT2D eigenvalue weighted by Crippen LogP contribution is 2.37. The summed E-state index contributed by atoms with van der Waals surface area (Å²) >= 11 is 0. The molecule has 1 aliphatic rings. The summed E-state index contributed by atoms with van der Waals surface area (Å²) in [4.78, 5) is 0. The lowest BCUT2D eigenvalue weighted by molar-refractivity contribution is 0.171. The second kappa shape index (κ2) is 5.39. The second-order valence-electron chi connectivity index (χ2n) is 5.40. The largest absolute Gasteiger partial charge is 0.486 e. The molecule has 0 saturated carbocycles. The first-order valence-electron chi connectivity index (χ1n) is 7.50. The molecule has 0 bridgehead atoms. The summed E-state index contributed by atoms with van der Waals surface area (Å²) in [5.41, 5.74) is 4.89. The maximum Gasteiger partial charge on any atom is 0.161 e. The van der Waals surface area contributed by atoms with Crippen LogP contribution >= 0.6 is 0 Å². The Bertz CT molecular complexity index is 823. The number of nitrogens with one attached hydrogen (secondary N) is 1. The van der Waals surface area contributed by atoms with Gasteiger partial charge in [-0.1, -0.05) is 12.1 Å². The van der Waals surface area contributed by atoms with E-state index in [1.54, 1.807) is 0 Å². The predicted molar refractivity (Wildman–Crippen MR) is 86.6 cm³/mol. The average molecular weight is 294 g/mol. The minimum atomic E-state index is 0.609. The molecule has 0 spiro atoms. The van der Waals surface area contributed by atoms with Crippen molar-refractivity contribution in [3.63, 3.8) is 0 Å². The molecule has 112 valence electrons. The molecule has 4 heteroatoms. The van der Waals surface area contributed by atoms with Crippen molar-refractivity contribution < 1.29 is 9.47 Å². The van der Waals surface area contributed by atoms with Gasteiger partial charge in [-0.25, -0.2) is 0 Å². The van der Waals surface area contributed by atoms with Crippen molar-refractivity contribution in [3.05, 3.63) is 54.4 Å². The predicted octanol–water partition coefficient (Wildman–Crippen LogP) is 3.10. The van der Waals surface area contributed by atoms with E-state index in [4.69, 9.17) is 9.47 Å². The first kappa shape index (κ1) is 13.2. The highest BCUT2D eigenvalue weighted by atomic mass is 16.6. The molecule has 0 unspecified atom stereocenters. The first-order chi connectivity index (χ1) is 10.9. The third kappa shape index (κ3) is 2.12. The van der Waals surface area contributed by atoms with Crippen LogP contribution in [0.5, 0.6) is 11.5 Å². The fourth-order valence-corrected chi connectivity index (χ4v) is 3.00. The van der Waals surface area contributed by atoms with Gasteiger partial charge in [0.1, 0.15) is 13.2 Å². The molecule has 4 rings (SSSR count). The van der Waals surface area contributed by atoms with Crippen molar-refractivity contribution in [1.29, 1.82) is 0 Å². The molecule has 3 heterocycles. The Kier molecular flexibility index (Phi) is 3.24. The van der Waals surface area contributed by atoms with E-state index in [2.05, 4.69) is 46.4 Å². The number of benzene rings is 1. The molecule has 0 amide bonds. The van der Waals surface area contributed by atoms with E-state index >= 15 is 0 Å². The van der Waals surface area contributed by atoms with Crippen LogP contribution < -0.4 is 14.8 Å². The summed E-state index contributed by atoms with van der Waals surface area (Å²) in [7, 11) is 1.97. The Morgan fingerprint density at radius 2 is 1.95 bits per heavy atom. The van der Waals surface area contributed by atoms with Crippen LogP contribution in [0.25, 0.3) is 16.6 Å². The summed E-state index contributed by atoms with van der Waals surface area (Å²) in [6.45, 7) is 2.05. The fraction of sp³-hybridized carbons (Fsp3) is 0.222. The average Bonchev–Trinajstić information content (AvgIpc) is 2.94. The van der Waals surface area contributed by atoms with E-state index in [1.807, 2.05) is 19.2 Å². The van der Waals surface area contributed by atoms with Gasteiger partial charge in [-0.3, -0.25) is 0 Å². The van der Waals surface area contributed by atoms with Gasteiger partial charge in [0.25, 0.3) is 0 Å². The number of ether oxygens (including phenoxy) is 2. The lowest BCUT2D eigenvalue weighted by Gasteiger charge is -2.19. The van der Waals surface area contributed by atoms with E-state index in [1.165, 1.54) is 16.6 Å². The maximum atomic E-state index is 5.71. The van der Waals surface area contributed by atoms with Crippen LogP contribution in [0.1, 0.15) is 5.56 Å². The van der Waals surface area contributed by atoms with Crippen LogP contribution in [-0.2, 0) is 6.54 Å². The molecule has 1 N–H and O–H groups in total. The lowest BCUT2D eigenvalue weighted by atomic mass is 10.0. The molecule has 4 nitrogen and oxygen atoms in total. The Morgan fingerprint density at radius 1 is 1.09 bits per heavy atom. The topological polar surface area (TPSA) is 34.9 Å². The van der Waals surface area contributed by atoms with Crippen molar-refractivity contribution in [3.8, 4) is 22.6 Å². The second-order valence-corrected chi connectivity index (χ2v) is 5.40. The zero-order valence-electron chi connectivity index (χ0n) is 12.5.